The van der Waals surface area contributed by atoms with Crippen molar-refractivity contribution in [1.82, 2.24) is 0 Å². The zero-order chi connectivity index (χ0) is 18.9. The Balaban J connectivity index is 6.24. The van der Waals surface area contributed by atoms with Gasteiger partial charge < -0.3 is 4.57 Å². The molecule has 0 spiro atoms. The minimum atomic E-state index is -6.49. The Bertz CT molecular complexity index is 370. The summed E-state index contributed by atoms with van der Waals surface area (Å²) in [5.41, 5.74) is -13.9. The first-order chi connectivity index (χ1) is 10.00. The van der Waals surface area contributed by atoms with Crippen molar-refractivity contribution in [2.24, 2.45) is 17.8 Å². The Hall–Kier alpha value is -0.190. The van der Waals surface area contributed by atoms with E-state index in [4.69, 9.17) is 0 Å². The summed E-state index contributed by atoms with van der Waals surface area (Å²) in [6.45, 7) is 7.75. The van der Waals surface area contributed by atoms with E-state index in [-0.39, 0.29) is 0 Å². The summed E-state index contributed by atoms with van der Waals surface area (Å²) in [5, 5.41) is 0. The molecule has 0 N–H and O–H groups in total. The van der Waals surface area contributed by atoms with E-state index < -0.39 is 61.1 Å². The Morgan fingerprint density at radius 3 is 0.913 bits per heavy atom. The van der Waals surface area contributed by atoms with Gasteiger partial charge in [0.1, 0.15) is 0 Å². The summed E-state index contributed by atoms with van der Waals surface area (Å²) >= 11 is 0. The molecule has 0 aromatic rings. The summed E-state index contributed by atoms with van der Waals surface area (Å²) in [6.07, 6.45) is -3.77. The van der Waals surface area contributed by atoms with Crippen LogP contribution in [0.4, 0.5) is 26.3 Å². The van der Waals surface area contributed by atoms with Crippen LogP contribution in [0.15, 0.2) is 0 Å². The number of alkyl halides is 6. The van der Waals surface area contributed by atoms with Gasteiger partial charge in [-0.25, -0.2) is 0 Å². The van der Waals surface area contributed by atoms with Crippen molar-refractivity contribution < 1.29 is 30.9 Å². The molecule has 140 valence electrons. The van der Waals surface area contributed by atoms with Gasteiger partial charge >= 0.3 is 17.0 Å². The van der Waals surface area contributed by atoms with Crippen LogP contribution in [-0.2, 0) is 4.57 Å². The fourth-order valence-corrected chi connectivity index (χ4v) is 5.88. The fraction of sp³-hybridized carbons (Fsp3) is 1.00. The summed E-state index contributed by atoms with van der Waals surface area (Å²) in [5.74, 6) is -2.53. The molecule has 0 heterocycles. The van der Waals surface area contributed by atoms with Crippen LogP contribution in [0.5, 0.6) is 0 Å². The van der Waals surface area contributed by atoms with Crippen LogP contribution < -0.4 is 0 Å². The van der Waals surface area contributed by atoms with Crippen LogP contribution >= 0.6 is 7.14 Å². The minimum Gasteiger partial charge on any atom is -0.304 e. The molecule has 0 aromatic carbocycles. The third-order valence-electron chi connectivity index (χ3n) is 3.34. The number of rotatable bonds is 9. The Morgan fingerprint density at radius 1 is 0.609 bits per heavy atom. The van der Waals surface area contributed by atoms with Crippen molar-refractivity contribution >= 4 is 7.14 Å². The zero-order valence-corrected chi connectivity index (χ0v) is 15.4. The van der Waals surface area contributed by atoms with E-state index in [2.05, 4.69) is 0 Å². The summed E-state index contributed by atoms with van der Waals surface area (Å²) < 4.78 is 99.0. The van der Waals surface area contributed by atoms with Gasteiger partial charge in [-0.15, -0.1) is 0 Å². The molecular weight excluding hydrogens is 341 g/mol. The second-order valence-corrected chi connectivity index (χ2v) is 10.6. The lowest BCUT2D eigenvalue weighted by atomic mass is 10.1. The molecule has 0 saturated heterocycles. The highest BCUT2D eigenvalue weighted by Crippen LogP contribution is 2.81. The van der Waals surface area contributed by atoms with E-state index in [9.17, 15) is 30.9 Å². The molecule has 1 nitrogen and oxygen atoms in total. The first kappa shape index (κ1) is 22.8. The molecule has 0 aromatic heterocycles. The van der Waals surface area contributed by atoms with Crippen molar-refractivity contribution in [3.63, 3.8) is 0 Å². The molecule has 23 heavy (non-hydrogen) atoms. The van der Waals surface area contributed by atoms with E-state index in [0.717, 1.165) is 0 Å². The van der Waals surface area contributed by atoms with Crippen LogP contribution in [-0.4, -0.2) is 17.0 Å². The second-order valence-electron chi connectivity index (χ2n) is 7.40. The molecule has 8 heteroatoms. The van der Waals surface area contributed by atoms with E-state index in [1.54, 1.807) is 0 Å². The van der Waals surface area contributed by atoms with Gasteiger partial charge in [-0.05, 0) is 17.8 Å². The molecule has 0 radical (unpaired) electrons. The lowest BCUT2D eigenvalue weighted by Crippen LogP contribution is -2.41. The van der Waals surface area contributed by atoms with Crippen molar-refractivity contribution in [2.75, 3.05) is 0 Å². The van der Waals surface area contributed by atoms with Gasteiger partial charge in [0.05, 0.1) is 0 Å². The van der Waals surface area contributed by atoms with Gasteiger partial charge in [0.15, 0.2) is 0 Å². The lowest BCUT2D eigenvalue weighted by molar-refractivity contribution is -0.0253. The van der Waals surface area contributed by atoms with Crippen LogP contribution in [0.2, 0.25) is 0 Å². The van der Waals surface area contributed by atoms with Gasteiger partial charge in [-0.1, -0.05) is 41.5 Å². The van der Waals surface area contributed by atoms with Crippen molar-refractivity contribution in [3.05, 3.63) is 0 Å². The van der Waals surface area contributed by atoms with Crippen LogP contribution in [0.3, 0.4) is 0 Å². The van der Waals surface area contributed by atoms with Gasteiger partial charge in [0.25, 0.3) is 7.14 Å². The SMILES string of the molecule is CC(C)CC(F)(F)P(=O)(C(F)(F)CC(C)C)C(F)(F)CC(C)C. The molecule has 0 aliphatic rings. The Labute approximate surface area is 134 Å². The molecule has 0 bridgehead atoms. The zero-order valence-electron chi connectivity index (χ0n) is 14.5. The maximum atomic E-state index is 14.4. The predicted octanol–water partition coefficient (Wildman–Crippen LogP) is 7.27. The highest BCUT2D eigenvalue weighted by atomic mass is 31.2. The normalized spacial score (nSPS) is 15.1. The van der Waals surface area contributed by atoms with Crippen LogP contribution in [0, 0.1) is 17.8 Å². The fourth-order valence-electron chi connectivity index (χ4n) is 2.58. The van der Waals surface area contributed by atoms with E-state index in [1.165, 1.54) is 41.5 Å². The smallest absolute Gasteiger partial charge is 0.304 e. The van der Waals surface area contributed by atoms with Crippen molar-refractivity contribution in [2.45, 2.75) is 77.8 Å². The van der Waals surface area contributed by atoms with E-state index >= 15 is 0 Å². The summed E-state index contributed by atoms with van der Waals surface area (Å²) in [7, 11) is -6.49. The minimum absolute atomic E-state index is 0.844. The monoisotopic (exact) mass is 368 g/mol. The average molecular weight is 368 g/mol. The highest BCUT2D eigenvalue weighted by Gasteiger charge is 2.75. The molecule has 0 atom stereocenters. The highest BCUT2D eigenvalue weighted by molar-refractivity contribution is 7.67. The Kier molecular flexibility index (Phi) is 7.30. The summed E-state index contributed by atoms with van der Waals surface area (Å²) in [4.78, 5) is 0. The van der Waals surface area contributed by atoms with Crippen molar-refractivity contribution in [3.8, 4) is 0 Å². The Morgan fingerprint density at radius 2 is 0.783 bits per heavy atom. The standard InChI is InChI=1S/C15H27F6OP/c1-10(2)7-13(16,17)23(22,14(18,19)8-11(3)4)15(20,21)9-12(5)6/h10-12H,7-9H2,1-6H3. The molecule has 0 saturated carbocycles. The number of hydrogen-bond donors (Lipinski definition) is 0. The average Bonchev–Trinajstić information content (AvgIpc) is 2.21. The van der Waals surface area contributed by atoms with Crippen LogP contribution in [0.25, 0.3) is 0 Å². The molecule has 0 aliphatic carbocycles. The summed E-state index contributed by atoms with van der Waals surface area (Å²) in [6, 6.07) is 0. The van der Waals surface area contributed by atoms with Gasteiger partial charge in [0, 0.05) is 19.3 Å². The molecule has 0 unspecified atom stereocenters. The van der Waals surface area contributed by atoms with Gasteiger partial charge in [-0.2, -0.15) is 26.3 Å². The van der Waals surface area contributed by atoms with E-state index in [1.807, 2.05) is 0 Å². The predicted molar refractivity (Wildman–Crippen MR) is 80.8 cm³/mol. The van der Waals surface area contributed by atoms with Crippen LogP contribution in [0.1, 0.15) is 60.8 Å². The maximum Gasteiger partial charge on any atom is 0.309 e. The molecule has 0 aliphatic heterocycles. The van der Waals surface area contributed by atoms with Crippen molar-refractivity contribution in [1.29, 1.82) is 0 Å². The third-order valence-corrected chi connectivity index (χ3v) is 6.66. The van der Waals surface area contributed by atoms with Gasteiger partial charge in [0.2, 0.25) is 0 Å². The second kappa shape index (κ2) is 7.37. The molecule has 0 rings (SSSR count). The first-order valence-corrected chi connectivity index (χ1v) is 9.44. The molecule has 0 fully saturated rings. The van der Waals surface area contributed by atoms with E-state index in [0.29, 0.717) is 0 Å². The topological polar surface area (TPSA) is 17.1 Å². The quantitative estimate of drug-likeness (QED) is 0.309. The maximum absolute atomic E-state index is 14.4. The number of halogens is 6. The number of hydrogen-bond acceptors (Lipinski definition) is 1. The molecular formula is C15H27F6OP. The lowest BCUT2D eigenvalue weighted by Gasteiger charge is -2.40. The first-order valence-electron chi connectivity index (χ1n) is 7.74. The third kappa shape index (κ3) is 4.90. The largest absolute Gasteiger partial charge is 0.309 e. The van der Waals surface area contributed by atoms with Gasteiger partial charge in [-0.3, -0.25) is 0 Å². The molecule has 0 amide bonds.